The molecule has 1 unspecified atom stereocenters. The first-order valence-electron chi connectivity index (χ1n) is 9.36. The van der Waals surface area contributed by atoms with Crippen LogP contribution in [0.25, 0.3) is 11.4 Å². The molecular weight excluding hydrogens is 360 g/mol. The van der Waals surface area contributed by atoms with Crippen LogP contribution in [0.5, 0.6) is 0 Å². The van der Waals surface area contributed by atoms with Crippen LogP contribution in [0, 0.1) is 4.77 Å². The van der Waals surface area contributed by atoms with E-state index >= 15 is 0 Å². The topological polar surface area (TPSA) is 27.2 Å². The summed E-state index contributed by atoms with van der Waals surface area (Å²) in [5.74, 6) is 0.971. The lowest BCUT2D eigenvalue weighted by molar-refractivity contribution is -0.956. The molecule has 2 aromatic heterocycles. The Balaban J connectivity index is 1.67. The first-order chi connectivity index (χ1) is 12.7. The zero-order chi connectivity index (χ0) is 18.1. The van der Waals surface area contributed by atoms with Crippen LogP contribution < -0.4 is 4.90 Å². The maximum Gasteiger partial charge on any atom is 0.203 e. The summed E-state index contributed by atoms with van der Waals surface area (Å²) in [5.41, 5.74) is 2.66. The van der Waals surface area contributed by atoms with Gasteiger partial charge in [0.05, 0.1) is 6.54 Å². The van der Waals surface area contributed by atoms with Crippen molar-refractivity contribution >= 4 is 23.6 Å². The van der Waals surface area contributed by atoms with E-state index in [1.807, 2.05) is 22.1 Å². The zero-order valence-electron chi connectivity index (χ0n) is 15.3. The Kier molecular flexibility index (Phi) is 5.07. The molecule has 0 saturated heterocycles. The first-order valence-corrected chi connectivity index (χ1v) is 10.7. The first kappa shape index (κ1) is 17.6. The summed E-state index contributed by atoms with van der Waals surface area (Å²) >= 11 is 7.67. The molecule has 3 aromatic rings. The van der Waals surface area contributed by atoms with Gasteiger partial charge in [-0.25, -0.2) is 0 Å². The van der Waals surface area contributed by atoms with Crippen LogP contribution in [0.2, 0.25) is 0 Å². The minimum Gasteiger partial charge on any atom is -0.310 e. The van der Waals surface area contributed by atoms with Gasteiger partial charge in [-0.3, -0.25) is 0 Å². The minimum absolute atomic E-state index is 0.541. The van der Waals surface area contributed by atoms with Gasteiger partial charge >= 0.3 is 0 Å². The molecule has 4 nitrogen and oxygen atoms in total. The second-order valence-electron chi connectivity index (χ2n) is 6.79. The average Bonchev–Trinajstić information content (AvgIpc) is 3.27. The van der Waals surface area contributed by atoms with E-state index in [0.29, 0.717) is 6.04 Å². The highest BCUT2D eigenvalue weighted by Gasteiger charge is 2.31. The molecular formula is C20H25N4S2+. The third kappa shape index (κ3) is 3.06. The van der Waals surface area contributed by atoms with E-state index in [-0.39, 0.29) is 0 Å². The Morgan fingerprint density at radius 1 is 1.23 bits per heavy atom. The SMILES string of the molecule is CC[C@H]1c2ccsc2CC[NH+]1Cn1nc(-c2ccccc2)n(CC)c1=S. The Morgan fingerprint density at radius 2 is 2.04 bits per heavy atom. The fraction of sp³-hybridized carbons (Fsp3) is 0.400. The van der Waals surface area contributed by atoms with E-state index < -0.39 is 0 Å². The molecule has 1 aliphatic rings. The summed E-state index contributed by atoms with van der Waals surface area (Å²) in [7, 11) is 0. The van der Waals surface area contributed by atoms with Crippen LogP contribution in [0.3, 0.4) is 0 Å². The summed E-state index contributed by atoms with van der Waals surface area (Å²) in [6, 6.07) is 13.2. The van der Waals surface area contributed by atoms with Crippen molar-refractivity contribution in [3.63, 3.8) is 0 Å². The second kappa shape index (κ2) is 7.47. The number of nitrogens with one attached hydrogen (secondary N) is 1. The number of fused-ring (bicyclic) bond motifs is 1. The van der Waals surface area contributed by atoms with Gasteiger partial charge in [0.25, 0.3) is 0 Å². The van der Waals surface area contributed by atoms with Gasteiger partial charge in [0, 0.05) is 35.4 Å². The molecule has 0 spiro atoms. The van der Waals surface area contributed by atoms with Gasteiger partial charge in [-0.05, 0) is 30.6 Å². The third-order valence-corrected chi connectivity index (χ3v) is 6.78. The predicted octanol–water partition coefficient (Wildman–Crippen LogP) is 3.71. The molecule has 26 heavy (non-hydrogen) atoms. The molecule has 0 fully saturated rings. The molecule has 1 aliphatic heterocycles. The molecule has 3 heterocycles. The summed E-state index contributed by atoms with van der Waals surface area (Å²) in [6.45, 7) is 7.24. The Bertz CT molecular complexity index is 938. The number of hydrogen-bond donors (Lipinski definition) is 1. The number of hydrogen-bond acceptors (Lipinski definition) is 3. The summed E-state index contributed by atoms with van der Waals surface area (Å²) in [6.07, 6.45) is 2.30. The molecule has 1 N–H and O–H groups in total. The summed E-state index contributed by atoms with van der Waals surface area (Å²) in [4.78, 5) is 3.13. The van der Waals surface area contributed by atoms with Crippen LogP contribution >= 0.6 is 23.6 Å². The fourth-order valence-corrected chi connectivity index (χ4v) is 5.32. The van der Waals surface area contributed by atoms with Crippen LogP contribution in [0.15, 0.2) is 41.8 Å². The van der Waals surface area contributed by atoms with Crippen molar-refractivity contribution in [3.05, 3.63) is 57.0 Å². The highest BCUT2D eigenvalue weighted by molar-refractivity contribution is 7.71. The predicted molar refractivity (Wildman–Crippen MR) is 109 cm³/mol. The lowest BCUT2D eigenvalue weighted by Gasteiger charge is -2.31. The number of quaternary nitrogens is 1. The largest absolute Gasteiger partial charge is 0.310 e. The van der Waals surface area contributed by atoms with Gasteiger partial charge in [-0.15, -0.1) is 16.4 Å². The Hall–Kier alpha value is -1.76. The van der Waals surface area contributed by atoms with Crippen molar-refractivity contribution in [1.29, 1.82) is 0 Å². The molecule has 2 atom stereocenters. The summed E-state index contributed by atoms with van der Waals surface area (Å²) in [5, 5.41) is 7.15. The standard InChI is InChI=1S/C20H24N4S2/c1-3-17-16-11-13-26-18(16)10-12-22(17)14-24-20(25)23(4-2)19(21-24)15-8-6-5-7-9-15/h5-9,11,13,17H,3-4,10,12,14H2,1-2H3/p+1/t17-/m0/s1. The maximum atomic E-state index is 5.77. The molecule has 0 bridgehead atoms. The third-order valence-electron chi connectivity index (χ3n) is 5.35. The van der Waals surface area contributed by atoms with E-state index in [1.165, 1.54) is 5.56 Å². The molecule has 136 valence electrons. The van der Waals surface area contributed by atoms with Gasteiger partial charge in [0.15, 0.2) is 12.5 Å². The van der Waals surface area contributed by atoms with Crippen LogP contribution in [-0.4, -0.2) is 20.9 Å². The van der Waals surface area contributed by atoms with Crippen molar-refractivity contribution in [1.82, 2.24) is 14.3 Å². The second-order valence-corrected chi connectivity index (χ2v) is 8.16. The lowest BCUT2D eigenvalue weighted by atomic mass is 9.98. The monoisotopic (exact) mass is 385 g/mol. The van der Waals surface area contributed by atoms with Gasteiger partial charge in [-0.2, -0.15) is 4.68 Å². The molecule has 0 radical (unpaired) electrons. The molecule has 0 amide bonds. The van der Waals surface area contributed by atoms with Crippen LogP contribution in [0.4, 0.5) is 0 Å². The van der Waals surface area contributed by atoms with E-state index in [2.05, 4.69) is 54.1 Å². The molecule has 0 saturated carbocycles. The average molecular weight is 386 g/mol. The number of thiophene rings is 1. The Morgan fingerprint density at radius 3 is 2.77 bits per heavy atom. The van der Waals surface area contributed by atoms with E-state index in [0.717, 1.165) is 48.8 Å². The van der Waals surface area contributed by atoms with E-state index in [9.17, 15) is 0 Å². The maximum absolute atomic E-state index is 5.77. The summed E-state index contributed by atoms with van der Waals surface area (Å²) < 4.78 is 5.01. The number of rotatable bonds is 5. The highest BCUT2D eigenvalue weighted by atomic mass is 32.1. The van der Waals surface area contributed by atoms with Crippen LogP contribution in [-0.2, 0) is 19.6 Å². The van der Waals surface area contributed by atoms with Crippen molar-refractivity contribution in [2.24, 2.45) is 0 Å². The van der Waals surface area contributed by atoms with Crippen molar-refractivity contribution in [3.8, 4) is 11.4 Å². The van der Waals surface area contributed by atoms with Crippen molar-refractivity contribution in [2.75, 3.05) is 6.54 Å². The quantitative estimate of drug-likeness (QED) is 0.678. The van der Waals surface area contributed by atoms with Crippen molar-refractivity contribution in [2.45, 2.75) is 45.9 Å². The lowest BCUT2D eigenvalue weighted by Crippen LogP contribution is -3.12. The number of aromatic nitrogens is 3. The zero-order valence-corrected chi connectivity index (χ0v) is 16.9. The number of benzene rings is 1. The number of nitrogens with zero attached hydrogens (tertiary/aromatic N) is 3. The van der Waals surface area contributed by atoms with Gasteiger partial charge < -0.3 is 9.47 Å². The molecule has 1 aromatic carbocycles. The normalized spacial score (nSPS) is 19.5. The fourth-order valence-electron chi connectivity index (χ4n) is 4.05. The van der Waals surface area contributed by atoms with Crippen molar-refractivity contribution < 1.29 is 4.90 Å². The van der Waals surface area contributed by atoms with Gasteiger partial charge in [-0.1, -0.05) is 37.3 Å². The minimum atomic E-state index is 0.541. The highest BCUT2D eigenvalue weighted by Crippen LogP contribution is 2.27. The van der Waals surface area contributed by atoms with Crippen LogP contribution in [0.1, 0.15) is 36.8 Å². The van der Waals surface area contributed by atoms with Gasteiger partial charge in [0.2, 0.25) is 4.77 Å². The molecule has 4 rings (SSSR count). The smallest absolute Gasteiger partial charge is 0.203 e. The van der Waals surface area contributed by atoms with Gasteiger partial charge in [0.1, 0.15) is 6.04 Å². The van der Waals surface area contributed by atoms with E-state index in [4.69, 9.17) is 17.3 Å². The molecule has 0 aliphatic carbocycles. The molecule has 6 heteroatoms. The Labute approximate surface area is 163 Å². The van der Waals surface area contributed by atoms with E-state index in [1.54, 1.807) is 9.78 Å².